The number of rotatable bonds is 6. The lowest BCUT2D eigenvalue weighted by atomic mass is 10.1. The lowest BCUT2D eigenvalue weighted by molar-refractivity contribution is 0.0708. The van der Waals surface area contributed by atoms with Gasteiger partial charge in [-0.3, -0.25) is 9.89 Å². The summed E-state index contributed by atoms with van der Waals surface area (Å²) < 4.78 is 13.1. The lowest BCUT2D eigenvalue weighted by Crippen LogP contribution is -2.33. The van der Waals surface area contributed by atoms with Gasteiger partial charge in [-0.2, -0.15) is 5.10 Å². The Morgan fingerprint density at radius 3 is 2.52 bits per heavy atom. The van der Waals surface area contributed by atoms with Crippen LogP contribution in [0.4, 0.5) is 4.39 Å². The zero-order valence-corrected chi connectivity index (χ0v) is 13.5. The average molecular weight is 339 g/mol. The zero-order chi connectivity index (χ0) is 17.6. The monoisotopic (exact) mass is 339 g/mol. The van der Waals surface area contributed by atoms with E-state index in [9.17, 15) is 14.3 Å². The Balaban J connectivity index is 1.88. The molecule has 0 aliphatic carbocycles. The Labute approximate surface area is 144 Å². The molecule has 1 heterocycles. The third-order valence-electron chi connectivity index (χ3n) is 3.88. The molecule has 3 aromatic rings. The number of hydrogen-bond acceptors (Lipinski definition) is 3. The first-order chi connectivity index (χ1) is 12.2. The molecule has 0 bridgehead atoms. The molecule has 0 spiro atoms. The van der Waals surface area contributed by atoms with Crippen LogP contribution in [0.25, 0.3) is 11.3 Å². The maximum Gasteiger partial charge on any atom is 0.258 e. The topological polar surface area (TPSA) is 69.2 Å². The Morgan fingerprint density at radius 1 is 1.12 bits per heavy atom. The number of hydrogen-bond donors (Lipinski definition) is 2. The number of aliphatic hydroxyl groups excluding tert-OH is 1. The predicted molar refractivity (Wildman–Crippen MR) is 92.3 cm³/mol. The summed E-state index contributed by atoms with van der Waals surface area (Å²) in [5.74, 6) is -0.590. The van der Waals surface area contributed by atoms with Gasteiger partial charge in [0.1, 0.15) is 5.82 Å². The molecule has 0 saturated carbocycles. The zero-order valence-electron chi connectivity index (χ0n) is 13.5. The van der Waals surface area contributed by atoms with Crippen molar-refractivity contribution in [1.82, 2.24) is 15.1 Å². The molecule has 6 heteroatoms. The number of aromatic amines is 1. The second-order valence-electron chi connectivity index (χ2n) is 5.60. The van der Waals surface area contributed by atoms with Crippen LogP contribution in [0, 0.1) is 5.82 Å². The number of aliphatic hydroxyl groups is 1. The molecule has 128 valence electrons. The molecule has 1 aromatic heterocycles. The molecule has 0 fully saturated rings. The highest BCUT2D eigenvalue weighted by Crippen LogP contribution is 2.23. The maximum absolute atomic E-state index is 13.1. The van der Waals surface area contributed by atoms with Crippen LogP contribution in [-0.2, 0) is 6.54 Å². The van der Waals surface area contributed by atoms with E-state index in [1.54, 1.807) is 17.0 Å². The van der Waals surface area contributed by atoms with Crippen molar-refractivity contribution >= 4 is 5.91 Å². The number of nitrogens with zero attached hydrogens (tertiary/aromatic N) is 2. The standard InChI is InChI=1S/C19H18FN3O2/c20-16-8-6-15(7-9-16)18-17(12-21-22-18)19(25)23(10-11-24)13-14-4-2-1-3-5-14/h1-9,12,24H,10-11,13H2,(H,21,22). The van der Waals surface area contributed by atoms with E-state index in [4.69, 9.17) is 0 Å². The molecule has 0 atom stereocenters. The van der Waals surface area contributed by atoms with E-state index in [-0.39, 0.29) is 24.9 Å². The van der Waals surface area contributed by atoms with Crippen LogP contribution in [0.1, 0.15) is 15.9 Å². The highest BCUT2D eigenvalue weighted by molar-refractivity contribution is 5.99. The van der Waals surface area contributed by atoms with Crippen molar-refractivity contribution in [3.8, 4) is 11.3 Å². The first-order valence-electron chi connectivity index (χ1n) is 7.92. The van der Waals surface area contributed by atoms with Gasteiger partial charge in [0.25, 0.3) is 5.91 Å². The third-order valence-corrected chi connectivity index (χ3v) is 3.88. The molecule has 0 aliphatic heterocycles. The first-order valence-corrected chi connectivity index (χ1v) is 7.92. The van der Waals surface area contributed by atoms with Crippen molar-refractivity contribution in [2.45, 2.75) is 6.54 Å². The SMILES string of the molecule is O=C(c1cn[nH]c1-c1ccc(F)cc1)N(CCO)Cc1ccccc1. The maximum atomic E-state index is 13.1. The molecule has 2 aromatic carbocycles. The molecule has 0 unspecified atom stereocenters. The van der Waals surface area contributed by atoms with Gasteiger partial charge in [0.2, 0.25) is 0 Å². The summed E-state index contributed by atoms with van der Waals surface area (Å²) in [6.45, 7) is 0.457. The summed E-state index contributed by atoms with van der Waals surface area (Å²) in [7, 11) is 0. The average Bonchev–Trinajstić information content (AvgIpc) is 3.12. The van der Waals surface area contributed by atoms with Crippen molar-refractivity contribution < 1.29 is 14.3 Å². The fourth-order valence-electron chi connectivity index (χ4n) is 2.63. The van der Waals surface area contributed by atoms with E-state index in [1.807, 2.05) is 30.3 Å². The summed E-state index contributed by atoms with van der Waals surface area (Å²) in [4.78, 5) is 14.5. The highest BCUT2D eigenvalue weighted by atomic mass is 19.1. The van der Waals surface area contributed by atoms with Crippen molar-refractivity contribution in [2.75, 3.05) is 13.2 Å². The fourth-order valence-corrected chi connectivity index (χ4v) is 2.63. The quantitative estimate of drug-likeness (QED) is 0.725. The minimum absolute atomic E-state index is 0.137. The summed E-state index contributed by atoms with van der Waals surface area (Å²) in [5.41, 5.74) is 2.55. The van der Waals surface area contributed by atoms with Crippen molar-refractivity contribution in [2.24, 2.45) is 0 Å². The summed E-state index contributed by atoms with van der Waals surface area (Å²) in [5, 5.41) is 16.1. The van der Waals surface area contributed by atoms with Crippen LogP contribution in [0.2, 0.25) is 0 Å². The van der Waals surface area contributed by atoms with E-state index in [1.165, 1.54) is 18.3 Å². The van der Waals surface area contributed by atoms with E-state index >= 15 is 0 Å². The van der Waals surface area contributed by atoms with Crippen LogP contribution in [-0.4, -0.2) is 39.3 Å². The van der Waals surface area contributed by atoms with Gasteiger partial charge in [-0.05, 0) is 29.8 Å². The van der Waals surface area contributed by atoms with E-state index in [2.05, 4.69) is 10.2 Å². The Hall–Kier alpha value is -2.99. The molecule has 2 N–H and O–H groups in total. The number of carbonyl (C=O) groups excluding carboxylic acids is 1. The molecule has 0 aliphatic rings. The van der Waals surface area contributed by atoms with Crippen molar-refractivity contribution in [1.29, 1.82) is 0 Å². The summed E-state index contributed by atoms with van der Waals surface area (Å²) in [6.07, 6.45) is 1.45. The predicted octanol–water partition coefficient (Wildman–Crippen LogP) is 2.85. The minimum Gasteiger partial charge on any atom is -0.395 e. The normalized spacial score (nSPS) is 10.6. The first kappa shape index (κ1) is 16.9. The summed E-state index contributed by atoms with van der Waals surface area (Å²) >= 11 is 0. The second kappa shape index (κ2) is 7.72. The molecule has 1 amide bonds. The Bertz CT molecular complexity index is 831. The largest absolute Gasteiger partial charge is 0.395 e. The van der Waals surface area contributed by atoms with Gasteiger partial charge in [0, 0.05) is 18.7 Å². The van der Waals surface area contributed by atoms with Gasteiger partial charge >= 0.3 is 0 Å². The van der Waals surface area contributed by atoms with E-state index < -0.39 is 0 Å². The molecule has 0 radical (unpaired) electrons. The van der Waals surface area contributed by atoms with Crippen LogP contribution < -0.4 is 0 Å². The number of nitrogens with one attached hydrogen (secondary N) is 1. The Kier molecular flexibility index (Phi) is 5.20. The fraction of sp³-hybridized carbons (Fsp3) is 0.158. The number of benzene rings is 2. The lowest BCUT2D eigenvalue weighted by Gasteiger charge is -2.22. The smallest absolute Gasteiger partial charge is 0.258 e. The summed E-state index contributed by atoms with van der Waals surface area (Å²) in [6, 6.07) is 15.4. The van der Waals surface area contributed by atoms with Gasteiger partial charge in [-0.25, -0.2) is 4.39 Å². The molecule has 3 rings (SSSR count). The van der Waals surface area contributed by atoms with Gasteiger partial charge in [-0.15, -0.1) is 0 Å². The van der Waals surface area contributed by atoms with E-state index in [0.29, 0.717) is 23.4 Å². The van der Waals surface area contributed by atoms with Gasteiger partial charge in [-0.1, -0.05) is 30.3 Å². The van der Waals surface area contributed by atoms with Crippen LogP contribution in [0.5, 0.6) is 0 Å². The van der Waals surface area contributed by atoms with Crippen molar-refractivity contribution in [3.63, 3.8) is 0 Å². The molecule has 5 nitrogen and oxygen atoms in total. The van der Waals surface area contributed by atoms with Crippen LogP contribution in [0.3, 0.4) is 0 Å². The van der Waals surface area contributed by atoms with Crippen LogP contribution >= 0.6 is 0 Å². The molecule has 25 heavy (non-hydrogen) atoms. The number of aromatic nitrogens is 2. The number of carbonyl (C=O) groups is 1. The molecular weight excluding hydrogens is 321 g/mol. The highest BCUT2D eigenvalue weighted by Gasteiger charge is 2.21. The van der Waals surface area contributed by atoms with Gasteiger partial charge in [0.15, 0.2) is 0 Å². The Morgan fingerprint density at radius 2 is 1.84 bits per heavy atom. The van der Waals surface area contributed by atoms with Gasteiger partial charge < -0.3 is 10.0 Å². The van der Waals surface area contributed by atoms with Crippen molar-refractivity contribution in [3.05, 3.63) is 77.7 Å². The third kappa shape index (κ3) is 3.92. The molecule has 0 saturated heterocycles. The van der Waals surface area contributed by atoms with Gasteiger partial charge in [0.05, 0.1) is 24.1 Å². The number of amides is 1. The minimum atomic E-state index is -0.345. The van der Waals surface area contributed by atoms with E-state index in [0.717, 1.165) is 5.56 Å². The number of halogens is 1. The number of H-pyrrole nitrogens is 1. The van der Waals surface area contributed by atoms with Crippen LogP contribution in [0.15, 0.2) is 60.8 Å². The second-order valence-corrected chi connectivity index (χ2v) is 5.60. The molecular formula is C19H18FN3O2.